The maximum atomic E-state index is 9.64. The van der Waals surface area contributed by atoms with Gasteiger partial charge in [-0.25, -0.2) is 0 Å². The number of aromatic hydroxyl groups is 1. The van der Waals surface area contributed by atoms with Crippen molar-refractivity contribution in [1.29, 1.82) is 0 Å². The lowest BCUT2D eigenvalue weighted by Crippen LogP contribution is -1.85. The molecule has 3 heteroatoms. The van der Waals surface area contributed by atoms with Crippen LogP contribution in [-0.2, 0) is 0 Å². The second-order valence-electron chi connectivity index (χ2n) is 3.97. The van der Waals surface area contributed by atoms with Crippen molar-refractivity contribution in [3.05, 3.63) is 53.6 Å². The average molecular weight is 241 g/mol. The van der Waals surface area contributed by atoms with E-state index in [9.17, 15) is 5.11 Å². The molecular formula is C15H15NO2. The first-order chi connectivity index (χ1) is 8.70. The van der Waals surface area contributed by atoms with E-state index in [4.69, 9.17) is 4.74 Å². The van der Waals surface area contributed by atoms with Crippen LogP contribution in [0.5, 0.6) is 11.5 Å². The zero-order valence-electron chi connectivity index (χ0n) is 10.4. The number of hydrogen-bond donors (Lipinski definition) is 1. The summed E-state index contributed by atoms with van der Waals surface area (Å²) in [6.45, 7) is 1.98. The Kier molecular flexibility index (Phi) is 3.63. The Morgan fingerprint density at radius 2 is 1.94 bits per heavy atom. The fourth-order valence-corrected chi connectivity index (χ4v) is 1.59. The summed E-state index contributed by atoms with van der Waals surface area (Å²) in [7, 11) is 1.63. The van der Waals surface area contributed by atoms with Crippen molar-refractivity contribution in [2.45, 2.75) is 6.92 Å². The molecule has 2 aromatic rings. The number of para-hydroxylation sites is 1. The van der Waals surface area contributed by atoms with Crippen molar-refractivity contribution in [3.63, 3.8) is 0 Å². The van der Waals surface area contributed by atoms with Gasteiger partial charge in [0.05, 0.1) is 12.8 Å². The highest BCUT2D eigenvalue weighted by atomic mass is 16.5. The van der Waals surface area contributed by atoms with E-state index < -0.39 is 0 Å². The Morgan fingerprint density at radius 1 is 1.17 bits per heavy atom. The molecule has 0 bridgehead atoms. The standard InChI is InChI=1S/C15H15NO2/c1-11-7-8-13(18-2)9-14(11)16-10-12-5-3-4-6-15(12)17/h3-10,17H,1-2H3. The van der Waals surface area contributed by atoms with Crippen LogP contribution in [0, 0.1) is 6.92 Å². The topological polar surface area (TPSA) is 41.8 Å². The number of aryl methyl sites for hydroxylation is 1. The van der Waals surface area contributed by atoms with Gasteiger partial charge in [0, 0.05) is 17.8 Å². The van der Waals surface area contributed by atoms with Gasteiger partial charge >= 0.3 is 0 Å². The fourth-order valence-electron chi connectivity index (χ4n) is 1.59. The minimum absolute atomic E-state index is 0.224. The van der Waals surface area contributed by atoms with Gasteiger partial charge in [0.2, 0.25) is 0 Å². The number of nitrogens with zero attached hydrogens (tertiary/aromatic N) is 1. The van der Waals surface area contributed by atoms with Crippen molar-refractivity contribution < 1.29 is 9.84 Å². The summed E-state index contributed by atoms with van der Waals surface area (Å²) >= 11 is 0. The lowest BCUT2D eigenvalue weighted by molar-refractivity contribution is 0.415. The van der Waals surface area contributed by atoms with Gasteiger partial charge < -0.3 is 9.84 Å². The molecular weight excluding hydrogens is 226 g/mol. The third kappa shape index (κ3) is 2.69. The lowest BCUT2D eigenvalue weighted by atomic mass is 10.2. The number of phenolic OH excluding ortho intramolecular Hbond substituents is 1. The number of rotatable bonds is 3. The molecule has 1 N–H and O–H groups in total. The van der Waals surface area contributed by atoms with E-state index in [0.717, 1.165) is 17.0 Å². The molecule has 0 spiro atoms. The first kappa shape index (κ1) is 12.2. The van der Waals surface area contributed by atoms with Crippen LogP contribution in [0.2, 0.25) is 0 Å². The highest BCUT2D eigenvalue weighted by Crippen LogP contribution is 2.25. The molecule has 0 fully saturated rings. The maximum Gasteiger partial charge on any atom is 0.124 e. The summed E-state index contributed by atoms with van der Waals surface area (Å²) in [4.78, 5) is 4.38. The SMILES string of the molecule is COc1ccc(C)c(N=Cc2ccccc2O)c1. The molecule has 2 aromatic carbocycles. The molecule has 0 aromatic heterocycles. The van der Waals surface area contributed by atoms with Crippen molar-refractivity contribution in [2.75, 3.05) is 7.11 Å². The van der Waals surface area contributed by atoms with E-state index in [0.29, 0.717) is 5.56 Å². The largest absolute Gasteiger partial charge is 0.507 e. The van der Waals surface area contributed by atoms with Gasteiger partial charge in [-0.2, -0.15) is 0 Å². The van der Waals surface area contributed by atoms with E-state index in [1.807, 2.05) is 37.3 Å². The van der Waals surface area contributed by atoms with Gasteiger partial charge in [-0.1, -0.05) is 18.2 Å². The summed E-state index contributed by atoms with van der Waals surface area (Å²) in [5.74, 6) is 0.992. The quantitative estimate of drug-likeness (QED) is 0.836. The summed E-state index contributed by atoms with van der Waals surface area (Å²) in [6, 6.07) is 12.8. The summed E-state index contributed by atoms with van der Waals surface area (Å²) in [5.41, 5.74) is 2.58. The molecule has 2 rings (SSSR count). The number of methoxy groups -OCH3 is 1. The Hall–Kier alpha value is -2.29. The lowest BCUT2D eigenvalue weighted by Gasteiger charge is -2.04. The number of aliphatic imine (C=N–C) groups is 1. The molecule has 0 radical (unpaired) electrons. The van der Waals surface area contributed by atoms with Crippen molar-refractivity contribution in [1.82, 2.24) is 0 Å². The number of phenols is 1. The van der Waals surface area contributed by atoms with Gasteiger partial charge in [0.15, 0.2) is 0 Å². The van der Waals surface area contributed by atoms with Crippen LogP contribution in [0.4, 0.5) is 5.69 Å². The molecule has 0 aliphatic carbocycles. The molecule has 92 valence electrons. The van der Waals surface area contributed by atoms with Crippen LogP contribution in [-0.4, -0.2) is 18.4 Å². The zero-order valence-corrected chi connectivity index (χ0v) is 10.4. The van der Waals surface area contributed by atoms with Gasteiger partial charge in [-0.3, -0.25) is 4.99 Å². The van der Waals surface area contributed by atoms with Crippen molar-refractivity contribution >= 4 is 11.9 Å². The van der Waals surface area contributed by atoms with Crippen LogP contribution < -0.4 is 4.74 Å². The monoisotopic (exact) mass is 241 g/mol. The van der Waals surface area contributed by atoms with E-state index >= 15 is 0 Å². The second-order valence-corrected chi connectivity index (χ2v) is 3.97. The normalized spacial score (nSPS) is 10.8. The molecule has 3 nitrogen and oxygen atoms in total. The van der Waals surface area contributed by atoms with Gasteiger partial charge in [0.25, 0.3) is 0 Å². The van der Waals surface area contributed by atoms with Crippen LogP contribution in [0.15, 0.2) is 47.5 Å². The number of hydrogen-bond acceptors (Lipinski definition) is 3. The average Bonchev–Trinajstić information content (AvgIpc) is 2.39. The smallest absolute Gasteiger partial charge is 0.124 e. The van der Waals surface area contributed by atoms with Gasteiger partial charge in [0.1, 0.15) is 11.5 Å². The molecule has 0 aliphatic heterocycles. The van der Waals surface area contributed by atoms with Crippen LogP contribution in [0.25, 0.3) is 0 Å². The molecule has 0 heterocycles. The van der Waals surface area contributed by atoms with Gasteiger partial charge in [-0.05, 0) is 30.7 Å². The molecule has 18 heavy (non-hydrogen) atoms. The van der Waals surface area contributed by atoms with Gasteiger partial charge in [-0.15, -0.1) is 0 Å². The third-order valence-corrected chi connectivity index (χ3v) is 2.70. The zero-order chi connectivity index (χ0) is 13.0. The first-order valence-corrected chi connectivity index (χ1v) is 5.67. The Balaban J connectivity index is 2.31. The third-order valence-electron chi connectivity index (χ3n) is 2.70. The predicted octanol–water partition coefficient (Wildman–Crippen LogP) is 3.46. The summed E-state index contributed by atoms with van der Waals surface area (Å²) < 4.78 is 5.16. The number of benzene rings is 2. The predicted molar refractivity (Wildman–Crippen MR) is 73.1 cm³/mol. The van der Waals surface area contributed by atoms with Crippen LogP contribution >= 0.6 is 0 Å². The summed E-state index contributed by atoms with van der Waals surface area (Å²) in [6.07, 6.45) is 1.65. The Bertz CT molecular complexity index is 576. The minimum atomic E-state index is 0.224. The first-order valence-electron chi connectivity index (χ1n) is 5.67. The van der Waals surface area contributed by atoms with E-state index in [1.165, 1.54) is 0 Å². The highest BCUT2D eigenvalue weighted by molar-refractivity contribution is 5.85. The molecule has 0 atom stereocenters. The molecule has 0 saturated carbocycles. The van der Waals surface area contributed by atoms with Crippen molar-refractivity contribution in [3.8, 4) is 11.5 Å². The molecule has 0 saturated heterocycles. The van der Waals surface area contributed by atoms with E-state index in [2.05, 4.69) is 4.99 Å². The van der Waals surface area contributed by atoms with E-state index in [-0.39, 0.29) is 5.75 Å². The maximum absolute atomic E-state index is 9.64. The molecule has 0 amide bonds. The molecule has 0 unspecified atom stereocenters. The van der Waals surface area contributed by atoms with Crippen LogP contribution in [0.3, 0.4) is 0 Å². The number of ether oxygens (including phenoxy) is 1. The van der Waals surface area contributed by atoms with Crippen LogP contribution in [0.1, 0.15) is 11.1 Å². The fraction of sp³-hybridized carbons (Fsp3) is 0.133. The minimum Gasteiger partial charge on any atom is -0.507 e. The Morgan fingerprint density at radius 3 is 2.67 bits per heavy atom. The Labute approximate surface area is 106 Å². The molecule has 0 aliphatic rings. The van der Waals surface area contributed by atoms with E-state index in [1.54, 1.807) is 25.5 Å². The second kappa shape index (κ2) is 5.36. The summed E-state index contributed by atoms with van der Waals surface area (Å²) in [5, 5.41) is 9.64. The van der Waals surface area contributed by atoms with Crippen molar-refractivity contribution in [2.24, 2.45) is 4.99 Å². The highest BCUT2D eigenvalue weighted by Gasteiger charge is 2.00.